The number of carbonyl (C=O) groups is 1. The maximum atomic E-state index is 12.0. The predicted molar refractivity (Wildman–Crippen MR) is 87.8 cm³/mol. The van der Waals surface area contributed by atoms with E-state index in [-0.39, 0.29) is 11.7 Å². The van der Waals surface area contributed by atoms with Crippen LogP contribution in [0.5, 0.6) is 0 Å². The number of hydrogen-bond donors (Lipinski definition) is 1. The number of pyridine rings is 1. The van der Waals surface area contributed by atoms with Crippen LogP contribution in [0.15, 0.2) is 36.0 Å². The molecular weight excluding hydrogens is 334 g/mol. The fraction of sp³-hybridized carbons (Fsp3) is 0.231. The van der Waals surface area contributed by atoms with E-state index in [4.69, 9.17) is 0 Å². The Bertz CT molecular complexity index is 786. The van der Waals surface area contributed by atoms with Crippen LogP contribution in [0.1, 0.15) is 11.9 Å². The van der Waals surface area contributed by atoms with E-state index in [0.717, 1.165) is 17.1 Å². The van der Waals surface area contributed by atoms with Crippen molar-refractivity contribution in [3.8, 4) is 5.69 Å². The van der Waals surface area contributed by atoms with Gasteiger partial charge in [0.05, 0.1) is 17.6 Å². The zero-order chi connectivity index (χ0) is 16.1. The second kappa shape index (κ2) is 7.29. The van der Waals surface area contributed by atoms with Crippen molar-refractivity contribution in [2.45, 2.75) is 18.5 Å². The molecule has 0 saturated heterocycles. The minimum atomic E-state index is -0.158. The van der Waals surface area contributed by atoms with E-state index in [0.29, 0.717) is 10.3 Å². The Hall–Kier alpha value is -2.33. The maximum absolute atomic E-state index is 12.0. The minimum Gasteiger partial charge on any atom is -0.300 e. The molecule has 10 heteroatoms. The van der Waals surface area contributed by atoms with E-state index >= 15 is 0 Å². The Balaban J connectivity index is 1.60. The van der Waals surface area contributed by atoms with E-state index in [2.05, 4.69) is 30.7 Å². The third kappa shape index (κ3) is 3.90. The smallest absolute Gasteiger partial charge is 0.236 e. The fourth-order valence-corrected chi connectivity index (χ4v) is 3.15. The Morgan fingerprint density at radius 3 is 3.04 bits per heavy atom. The van der Waals surface area contributed by atoms with Crippen LogP contribution < -0.4 is 5.32 Å². The third-order valence-electron chi connectivity index (χ3n) is 2.79. The summed E-state index contributed by atoms with van der Waals surface area (Å²) in [6.45, 7) is 1.99. The molecule has 23 heavy (non-hydrogen) atoms. The molecule has 0 aliphatic rings. The highest BCUT2D eigenvalue weighted by atomic mass is 32.2. The lowest BCUT2D eigenvalue weighted by Crippen LogP contribution is -2.14. The molecule has 0 aliphatic heterocycles. The van der Waals surface area contributed by atoms with Gasteiger partial charge < -0.3 is 0 Å². The van der Waals surface area contributed by atoms with Gasteiger partial charge >= 0.3 is 0 Å². The molecule has 3 heterocycles. The molecule has 0 radical (unpaired) electrons. The Labute approximate surface area is 140 Å². The van der Waals surface area contributed by atoms with Gasteiger partial charge in [-0.05, 0) is 18.6 Å². The lowest BCUT2D eigenvalue weighted by atomic mass is 10.4. The van der Waals surface area contributed by atoms with Gasteiger partial charge in [0.25, 0.3) is 0 Å². The molecular formula is C13H13N7OS2. The van der Waals surface area contributed by atoms with E-state index in [1.54, 1.807) is 23.3 Å². The second-order valence-corrected chi connectivity index (χ2v) is 6.39. The van der Waals surface area contributed by atoms with Crippen LogP contribution in [0.4, 0.5) is 5.13 Å². The number of aryl methyl sites for hydroxylation is 1. The van der Waals surface area contributed by atoms with E-state index in [1.807, 2.05) is 19.1 Å². The topological polar surface area (TPSA) is 98.5 Å². The average molecular weight is 347 g/mol. The zero-order valence-corrected chi connectivity index (χ0v) is 13.8. The summed E-state index contributed by atoms with van der Waals surface area (Å²) >= 11 is 2.67. The minimum absolute atomic E-state index is 0.158. The molecule has 3 rings (SSSR count). The van der Waals surface area contributed by atoms with Crippen molar-refractivity contribution in [1.29, 1.82) is 0 Å². The van der Waals surface area contributed by atoms with Crippen LogP contribution >= 0.6 is 23.1 Å². The molecule has 3 aromatic rings. The van der Waals surface area contributed by atoms with Gasteiger partial charge in [-0.25, -0.2) is 0 Å². The lowest BCUT2D eigenvalue weighted by molar-refractivity contribution is -0.113. The number of thioether (sulfide) groups is 1. The van der Waals surface area contributed by atoms with Crippen molar-refractivity contribution < 1.29 is 4.79 Å². The molecule has 3 aromatic heterocycles. The normalized spacial score (nSPS) is 10.7. The van der Waals surface area contributed by atoms with E-state index < -0.39 is 0 Å². The summed E-state index contributed by atoms with van der Waals surface area (Å²) in [5, 5.41) is 20.6. The molecule has 1 amide bonds. The number of rotatable bonds is 6. The van der Waals surface area contributed by atoms with Crippen molar-refractivity contribution in [3.63, 3.8) is 0 Å². The lowest BCUT2D eigenvalue weighted by Gasteiger charge is -2.05. The van der Waals surface area contributed by atoms with Crippen LogP contribution in [-0.2, 0) is 11.2 Å². The number of amides is 1. The molecule has 0 fully saturated rings. The fourth-order valence-electron chi connectivity index (χ4n) is 1.73. The molecule has 8 nitrogen and oxygen atoms in total. The molecule has 118 valence electrons. The van der Waals surface area contributed by atoms with Crippen molar-refractivity contribution in [1.82, 2.24) is 29.9 Å². The summed E-state index contributed by atoms with van der Waals surface area (Å²) < 4.78 is 1.78. The van der Waals surface area contributed by atoms with Crippen molar-refractivity contribution >= 4 is 34.1 Å². The van der Waals surface area contributed by atoms with Gasteiger partial charge in [0, 0.05) is 6.20 Å². The van der Waals surface area contributed by atoms with Crippen LogP contribution in [-0.4, -0.2) is 41.6 Å². The summed E-state index contributed by atoms with van der Waals surface area (Å²) in [5.74, 6) is 0.0505. The summed E-state index contributed by atoms with van der Waals surface area (Å²) in [4.78, 5) is 16.1. The largest absolute Gasteiger partial charge is 0.300 e. The predicted octanol–water partition coefficient (Wildman–Crippen LogP) is 1.81. The van der Waals surface area contributed by atoms with Gasteiger partial charge in [-0.1, -0.05) is 30.0 Å². The van der Waals surface area contributed by atoms with Gasteiger partial charge in [0.1, 0.15) is 11.3 Å². The highest BCUT2D eigenvalue weighted by molar-refractivity contribution is 7.99. The first-order chi connectivity index (χ1) is 11.3. The molecule has 0 atom stereocenters. The quantitative estimate of drug-likeness (QED) is 0.679. The highest BCUT2D eigenvalue weighted by Gasteiger charge is 2.12. The van der Waals surface area contributed by atoms with E-state index in [9.17, 15) is 4.79 Å². The average Bonchev–Trinajstić information content (AvgIpc) is 3.22. The van der Waals surface area contributed by atoms with Crippen molar-refractivity contribution in [2.24, 2.45) is 0 Å². The van der Waals surface area contributed by atoms with Crippen molar-refractivity contribution in [3.05, 3.63) is 35.9 Å². The maximum Gasteiger partial charge on any atom is 0.236 e. The van der Waals surface area contributed by atoms with Crippen molar-refractivity contribution in [2.75, 3.05) is 11.1 Å². The summed E-state index contributed by atoms with van der Waals surface area (Å²) in [6.07, 6.45) is 5.80. The standard InChI is InChI=1S/C13H13N7OS2/c1-2-11-17-18-12(23-11)16-10(21)7-22-13-19-15-8-20(13)9-4-3-5-14-6-9/h3-6,8H,2,7H2,1H3,(H,16,18,21). The molecule has 0 saturated carbocycles. The number of hydrogen-bond acceptors (Lipinski definition) is 8. The van der Waals surface area contributed by atoms with Gasteiger partial charge in [0.15, 0.2) is 5.16 Å². The molecule has 0 spiro atoms. The summed E-state index contributed by atoms with van der Waals surface area (Å²) in [7, 11) is 0. The summed E-state index contributed by atoms with van der Waals surface area (Å²) in [5.41, 5.74) is 0.845. The van der Waals surface area contributed by atoms with Gasteiger partial charge in [-0.15, -0.1) is 20.4 Å². The first-order valence-corrected chi connectivity index (χ1v) is 8.62. The molecule has 0 unspecified atom stereocenters. The molecule has 0 aromatic carbocycles. The molecule has 1 N–H and O–H groups in total. The SMILES string of the molecule is CCc1nnc(NC(=O)CSc2nncn2-c2cccnc2)s1. The number of nitrogens with one attached hydrogen (secondary N) is 1. The number of carbonyl (C=O) groups excluding carboxylic acids is 1. The Morgan fingerprint density at radius 2 is 2.30 bits per heavy atom. The van der Waals surface area contributed by atoms with Crippen LogP contribution in [0.2, 0.25) is 0 Å². The number of nitrogens with zero attached hydrogens (tertiary/aromatic N) is 6. The van der Waals surface area contributed by atoms with E-state index in [1.165, 1.54) is 23.1 Å². The number of aromatic nitrogens is 6. The highest BCUT2D eigenvalue weighted by Crippen LogP contribution is 2.20. The van der Waals surface area contributed by atoms with Gasteiger partial charge in [-0.3, -0.25) is 19.7 Å². The Morgan fingerprint density at radius 1 is 1.39 bits per heavy atom. The second-order valence-electron chi connectivity index (χ2n) is 4.39. The monoisotopic (exact) mass is 347 g/mol. The van der Waals surface area contributed by atoms with Gasteiger partial charge in [0.2, 0.25) is 11.0 Å². The third-order valence-corrected chi connectivity index (χ3v) is 4.71. The van der Waals surface area contributed by atoms with Crippen LogP contribution in [0.25, 0.3) is 5.69 Å². The molecule has 0 bridgehead atoms. The van der Waals surface area contributed by atoms with Crippen LogP contribution in [0.3, 0.4) is 0 Å². The zero-order valence-electron chi connectivity index (χ0n) is 12.2. The summed E-state index contributed by atoms with van der Waals surface area (Å²) in [6, 6.07) is 3.73. The van der Waals surface area contributed by atoms with Crippen LogP contribution in [0, 0.1) is 0 Å². The Kier molecular flexibility index (Phi) is 4.93. The first-order valence-electron chi connectivity index (χ1n) is 6.81. The number of anilines is 1. The van der Waals surface area contributed by atoms with Gasteiger partial charge in [-0.2, -0.15) is 0 Å². The molecule has 0 aliphatic carbocycles. The first kappa shape index (κ1) is 15.6.